The van der Waals surface area contributed by atoms with E-state index < -0.39 is 0 Å². The van der Waals surface area contributed by atoms with Crippen LogP contribution in [0.5, 0.6) is 0 Å². The van der Waals surface area contributed by atoms with Crippen molar-refractivity contribution in [2.75, 3.05) is 13.2 Å². The van der Waals surface area contributed by atoms with Gasteiger partial charge in [-0.2, -0.15) is 0 Å². The van der Waals surface area contributed by atoms with Crippen LogP contribution in [0.25, 0.3) is 0 Å². The summed E-state index contributed by atoms with van der Waals surface area (Å²) in [4.78, 5) is 11.3. The molecule has 0 saturated heterocycles. The highest BCUT2D eigenvalue weighted by Gasteiger charge is 2.18. The van der Waals surface area contributed by atoms with Gasteiger partial charge in [-0.3, -0.25) is 0 Å². The summed E-state index contributed by atoms with van der Waals surface area (Å²) in [5.41, 5.74) is 0. The molecule has 0 aromatic carbocycles. The summed E-state index contributed by atoms with van der Waals surface area (Å²) in [6, 6.07) is 0.390. The number of hydrogen-bond acceptors (Lipinski definition) is 2. The van der Waals surface area contributed by atoms with E-state index in [0.29, 0.717) is 6.04 Å². The van der Waals surface area contributed by atoms with Crippen LogP contribution in [-0.4, -0.2) is 30.3 Å². The Morgan fingerprint density at radius 1 is 1.20 bits per heavy atom. The smallest absolute Gasteiger partial charge is 0.315 e. The van der Waals surface area contributed by atoms with Gasteiger partial charge in [0.15, 0.2) is 0 Å². The van der Waals surface area contributed by atoms with Crippen LogP contribution in [0, 0.1) is 0 Å². The fraction of sp³-hybridized carbons (Fsp3) is 0.909. The molecule has 0 unspecified atom stereocenters. The zero-order valence-corrected chi connectivity index (χ0v) is 9.30. The lowest BCUT2D eigenvalue weighted by atomic mass is 9.93. The zero-order chi connectivity index (χ0) is 10.9. The van der Waals surface area contributed by atoms with E-state index in [9.17, 15) is 4.79 Å². The molecule has 0 spiro atoms. The fourth-order valence-electron chi connectivity index (χ4n) is 1.58. The largest absolute Gasteiger partial charge is 0.396 e. The summed E-state index contributed by atoms with van der Waals surface area (Å²) in [6.45, 7) is 1.01. The van der Waals surface area contributed by atoms with Crippen molar-refractivity contribution in [2.45, 2.75) is 51.0 Å². The molecule has 1 rings (SSSR count). The Hall–Kier alpha value is -0.770. The molecule has 1 fully saturated rings. The number of amides is 2. The van der Waals surface area contributed by atoms with Crippen molar-refractivity contribution in [3.63, 3.8) is 0 Å². The minimum absolute atomic E-state index is 0.0261. The predicted octanol–water partition coefficient (Wildman–Crippen LogP) is 1.39. The van der Waals surface area contributed by atoms with Gasteiger partial charge >= 0.3 is 6.03 Å². The molecule has 0 aliphatic heterocycles. The van der Waals surface area contributed by atoms with E-state index in [1.54, 1.807) is 0 Å². The number of urea groups is 1. The van der Waals surface area contributed by atoms with Crippen LogP contribution < -0.4 is 10.6 Å². The third kappa shape index (κ3) is 5.62. The number of carbonyl (C=O) groups is 1. The van der Waals surface area contributed by atoms with Crippen molar-refractivity contribution in [3.8, 4) is 0 Å². The molecular formula is C11H22N2O2. The van der Waals surface area contributed by atoms with Gasteiger partial charge in [0.25, 0.3) is 0 Å². The molecule has 0 bridgehead atoms. The number of aliphatic hydroxyl groups is 1. The second-order valence-corrected chi connectivity index (χ2v) is 4.17. The first-order valence-corrected chi connectivity index (χ1v) is 5.98. The molecule has 1 aliphatic carbocycles. The maximum atomic E-state index is 11.3. The predicted molar refractivity (Wildman–Crippen MR) is 59.7 cm³/mol. The van der Waals surface area contributed by atoms with Gasteiger partial charge in [-0.05, 0) is 32.1 Å². The SMILES string of the molecule is O=C(NCCCCCCO)NC1CCC1. The first kappa shape index (κ1) is 12.3. The number of aliphatic hydroxyl groups excluding tert-OH is 1. The van der Waals surface area contributed by atoms with Gasteiger partial charge in [-0.15, -0.1) is 0 Å². The molecule has 0 radical (unpaired) electrons. The van der Waals surface area contributed by atoms with Crippen LogP contribution in [-0.2, 0) is 0 Å². The number of hydrogen-bond donors (Lipinski definition) is 3. The molecule has 0 heterocycles. The minimum Gasteiger partial charge on any atom is -0.396 e. The highest BCUT2D eigenvalue weighted by Crippen LogP contribution is 2.17. The molecule has 3 N–H and O–H groups in total. The van der Waals surface area contributed by atoms with Crippen molar-refractivity contribution in [3.05, 3.63) is 0 Å². The van der Waals surface area contributed by atoms with Crippen LogP contribution in [0.1, 0.15) is 44.9 Å². The summed E-state index contributed by atoms with van der Waals surface area (Å²) in [7, 11) is 0. The average molecular weight is 214 g/mol. The summed E-state index contributed by atoms with van der Waals surface area (Å²) >= 11 is 0. The molecule has 0 atom stereocenters. The Morgan fingerprint density at radius 3 is 2.53 bits per heavy atom. The Kier molecular flexibility index (Phi) is 6.16. The van der Waals surface area contributed by atoms with Crippen LogP contribution in [0.4, 0.5) is 4.79 Å². The first-order valence-electron chi connectivity index (χ1n) is 5.98. The van der Waals surface area contributed by atoms with E-state index in [4.69, 9.17) is 5.11 Å². The van der Waals surface area contributed by atoms with E-state index in [2.05, 4.69) is 10.6 Å². The van der Waals surface area contributed by atoms with Gasteiger partial charge in [-0.1, -0.05) is 12.8 Å². The van der Waals surface area contributed by atoms with Crippen molar-refractivity contribution in [2.24, 2.45) is 0 Å². The maximum absolute atomic E-state index is 11.3. The number of carbonyl (C=O) groups excluding carboxylic acids is 1. The Morgan fingerprint density at radius 2 is 1.93 bits per heavy atom. The van der Waals surface area contributed by atoms with Gasteiger partial charge in [-0.25, -0.2) is 4.79 Å². The topological polar surface area (TPSA) is 61.4 Å². The fourth-order valence-corrected chi connectivity index (χ4v) is 1.58. The van der Waals surface area contributed by atoms with E-state index in [-0.39, 0.29) is 12.6 Å². The van der Waals surface area contributed by atoms with Gasteiger partial charge in [0, 0.05) is 19.2 Å². The molecule has 4 nitrogen and oxygen atoms in total. The lowest BCUT2D eigenvalue weighted by Crippen LogP contribution is -2.45. The number of rotatable bonds is 7. The van der Waals surface area contributed by atoms with Crippen LogP contribution in [0.3, 0.4) is 0 Å². The van der Waals surface area contributed by atoms with Gasteiger partial charge in [0.2, 0.25) is 0 Å². The van der Waals surface area contributed by atoms with E-state index in [0.717, 1.165) is 45.1 Å². The van der Waals surface area contributed by atoms with E-state index >= 15 is 0 Å². The van der Waals surface area contributed by atoms with Crippen molar-refractivity contribution >= 4 is 6.03 Å². The Bertz CT molecular complexity index is 181. The summed E-state index contributed by atoms with van der Waals surface area (Å²) in [5.74, 6) is 0. The van der Waals surface area contributed by atoms with Crippen molar-refractivity contribution in [1.82, 2.24) is 10.6 Å². The molecular weight excluding hydrogens is 192 g/mol. The third-order valence-electron chi connectivity index (χ3n) is 2.81. The summed E-state index contributed by atoms with van der Waals surface area (Å²) < 4.78 is 0. The Labute approximate surface area is 91.4 Å². The number of unbranched alkanes of at least 4 members (excludes halogenated alkanes) is 3. The van der Waals surface area contributed by atoms with Gasteiger partial charge in [0.1, 0.15) is 0 Å². The average Bonchev–Trinajstić information content (AvgIpc) is 2.17. The second-order valence-electron chi connectivity index (χ2n) is 4.17. The molecule has 1 saturated carbocycles. The maximum Gasteiger partial charge on any atom is 0.315 e. The second kappa shape index (κ2) is 7.51. The molecule has 2 amide bonds. The zero-order valence-electron chi connectivity index (χ0n) is 9.30. The molecule has 1 aliphatic rings. The summed E-state index contributed by atoms with van der Waals surface area (Å²) in [6.07, 6.45) is 7.49. The standard InChI is InChI=1S/C11H22N2O2/c14-9-4-2-1-3-8-12-11(15)13-10-6-5-7-10/h10,14H,1-9H2,(H2,12,13,15). The van der Waals surface area contributed by atoms with E-state index in [1.807, 2.05) is 0 Å². The van der Waals surface area contributed by atoms with Crippen molar-refractivity contribution < 1.29 is 9.90 Å². The molecule has 88 valence electrons. The van der Waals surface area contributed by atoms with Gasteiger partial charge in [0.05, 0.1) is 0 Å². The molecule has 0 aromatic heterocycles. The Balaban J connectivity index is 1.83. The van der Waals surface area contributed by atoms with Gasteiger partial charge < -0.3 is 15.7 Å². The third-order valence-corrected chi connectivity index (χ3v) is 2.81. The lowest BCUT2D eigenvalue weighted by Gasteiger charge is -2.26. The highest BCUT2D eigenvalue weighted by atomic mass is 16.2. The molecule has 15 heavy (non-hydrogen) atoms. The van der Waals surface area contributed by atoms with E-state index in [1.165, 1.54) is 6.42 Å². The number of nitrogens with one attached hydrogen (secondary N) is 2. The van der Waals surface area contributed by atoms with Crippen molar-refractivity contribution in [1.29, 1.82) is 0 Å². The van der Waals surface area contributed by atoms with Crippen LogP contribution in [0.2, 0.25) is 0 Å². The lowest BCUT2D eigenvalue weighted by molar-refractivity contribution is 0.228. The molecule has 0 aromatic rings. The van der Waals surface area contributed by atoms with Crippen LogP contribution >= 0.6 is 0 Å². The minimum atomic E-state index is -0.0261. The van der Waals surface area contributed by atoms with Crippen LogP contribution in [0.15, 0.2) is 0 Å². The quantitative estimate of drug-likeness (QED) is 0.561. The first-order chi connectivity index (χ1) is 7.33. The monoisotopic (exact) mass is 214 g/mol. The highest BCUT2D eigenvalue weighted by molar-refractivity contribution is 5.74. The normalized spacial score (nSPS) is 15.8. The summed E-state index contributed by atoms with van der Waals surface area (Å²) in [5, 5.41) is 14.3. The molecule has 4 heteroatoms.